The highest BCUT2D eigenvalue weighted by atomic mass is 35.5. The second kappa shape index (κ2) is 21.9. The standard InChI is InChI=1S/C34H44ClF2N5O6/c1-42(2)15-10-11-32(43)41-30-22-26-29(38-24-39-34(26)40-25-13-14-28(36)27(35)21-25)23-31(30)47-20-9-8-19-46-18-7-6-17-45-16-5-3-4-12-33(44)48-37/h10-11,13-14,21-24H,3-9,12,15-20H2,1-2H3,(H,41,43)(H,38,39,40)/b11-10+. The minimum absolute atomic E-state index is 0.0220. The number of likely N-dealkylation sites (N-methyl/N-ethyl adjacent to an activating group) is 1. The van der Waals surface area contributed by atoms with Crippen LogP contribution in [0, 0.1) is 5.82 Å². The van der Waals surface area contributed by atoms with Crippen molar-refractivity contribution in [3.8, 4) is 5.75 Å². The average molecular weight is 692 g/mol. The molecule has 48 heavy (non-hydrogen) atoms. The predicted octanol–water partition coefficient (Wildman–Crippen LogP) is 7.18. The van der Waals surface area contributed by atoms with Gasteiger partial charge >= 0.3 is 5.97 Å². The molecule has 0 radical (unpaired) electrons. The Bertz CT molecular complexity index is 1480. The number of benzene rings is 2. The summed E-state index contributed by atoms with van der Waals surface area (Å²) in [7, 11) is 3.82. The number of halogens is 3. The lowest BCUT2D eigenvalue weighted by atomic mass is 10.1. The Morgan fingerprint density at radius 3 is 2.27 bits per heavy atom. The minimum Gasteiger partial charge on any atom is -0.491 e. The van der Waals surface area contributed by atoms with Gasteiger partial charge in [-0.3, -0.25) is 9.74 Å². The molecule has 0 fully saturated rings. The number of rotatable bonds is 23. The van der Waals surface area contributed by atoms with Crippen LogP contribution >= 0.6 is 11.6 Å². The van der Waals surface area contributed by atoms with E-state index in [2.05, 4.69) is 25.5 Å². The van der Waals surface area contributed by atoms with Gasteiger partial charge in [0.25, 0.3) is 0 Å². The molecule has 14 heteroatoms. The number of aromatic nitrogens is 2. The summed E-state index contributed by atoms with van der Waals surface area (Å²) in [6.07, 6.45) is 10.2. The molecule has 0 unspecified atom stereocenters. The number of amides is 1. The molecule has 2 N–H and O–H groups in total. The number of carbonyl (C=O) groups is 2. The Morgan fingerprint density at radius 2 is 1.60 bits per heavy atom. The summed E-state index contributed by atoms with van der Waals surface area (Å²) < 4.78 is 42.7. The van der Waals surface area contributed by atoms with Gasteiger partial charge in [0, 0.05) is 67.1 Å². The molecule has 262 valence electrons. The molecule has 0 atom stereocenters. The normalized spacial score (nSPS) is 11.4. The van der Waals surface area contributed by atoms with Crippen LogP contribution in [0.5, 0.6) is 5.75 Å². The van der Waals surface area contributed by atoms with E-state index < -0.39 is 11.8 Å². The van der Waals surface area contributed by atoms with E-state index in [1.807, 2.05) is 19.0 Å². The molecule has 0 aliphatic heterocycles. The van der Waals surface area contributed by atoms with Gasteiger partial charge < -0.3 is 29.7 Å². The first-order valence-corrected chi connectivity index (χ1v) is 16.4. The number of ether oxygens (including phenoxy) is 3. The van der Waals surface area contributed by atoms with Gasteiger partial charge in [0.15, 0.2) is 0 Å². The maximum Gasteiger partial charge on any atom is 0.348 e. The molecular formula is C34H44ClF2N5O6. The topological polar surface area (TPSA) is 124 Å². The number of anilines is 3. The quantitative estimate of drug-likeness (QED) is 0.0780. The van der Waals surface area contributed by atoms with Crippen molar-refractivity contribution in [2.75, 3.05) is 64.3 Å². The smallest absolute Gasteiger partial charge is 0.348 e. The molecule has 0 saturated carbocycles. The second-order valence-electron chi connectivity index (χ2n) is 11.2. The van der Waals surface area contributed by atoms with E-state index in [1.54, 1.807) is 24.3 Å². The third-order valence-electron chi connectivity index (χ3n) is 6.94. The van der Waals surface area contributed by atoms with Crippen LogP contribution in [0.4, 0.5) is 26.1 Å². The van der Waals surface area contributed by atoms with Crippen LogP contribution in [0.2, 0.25) is 5.02 Å². The Labute approximate surface area is 284 Å². The lowest BCUT2D eigenvalue weighted by Crippen LogP contribution is -2.13. The van der Waals surface area contributed by atoms with Crippen LogP contribution in [0.1, 0.15) is 51.4 Å². The van der Waals surface area contributed by atoms with Gasteiger partial charge in [-0.25, -0.2) is 19.2 Å². The molecule has 1 amide bonds. The van der Waals surface area contributed by atoms with Crippen molar-refractivity contribution < 1.29 is 37.7 Å². The first kappa shape index (κ1) is 38.5. The molecule has 11 nitrogen and oxygen atoms in total. The number of hydrogen-bond acceptors (Lipinski definition) is 10. The van der Waals surface area contributed by atoms with E-state index in [0.717, 1.165) is 38.5 Å². The maximum atomic E-state index is 13.7. The number of fused-ring (bicyclic) bond motifs is 1. The van der Waals surface area contributed by atoms with Crippen molar-refractivity contribution in [3.05, 3.63) is 59.7 Å². The number of carbonyl (C=O) groups excluding carboxylic acids is 2. The monoisotopic (exact) mass is 691 g/mol. The van der Waals surface area contributed by atoms with E-state index in [9.17, 15) is 18.5 Å². The zero-order valence-corrected chi connectivity index (χ0v) is 28.2. The second-order valence-corrected chi connectivity index (χ2v) is 11.6. The SMILES string of the molecule is CN(C)C/C=C/C(=O)Nc1cc2c(Nc3ccc(F)c(Cl)c3)ncnc2cc1OCCCCOCCCCOCCCCCC(=O)OF. The zero-order chi connectivity index (χ0) is 34.6. The summed E-state index contributed by atoms with van der Waals surface area (Å²) in [5, 5.41) is 6.65. The Kier molecular flexibility index (Phi) is 17.6. The highest BCUT2D eigenvalue weighted by Gasteiger charge is 2.14. The largest absolute Gasteiger partial charge is 0.491 e. The molecule has 0 bridgehead atoms. The molecular weight excluding hydrogens is 648 g/mol. The molecule has 0 saturated heterocycles. The summed E-state index contributed by atoms with van der Waals surface area (Å²) in [4.78, 5) is 37.3. The van der Waals surface area contributed by atoms with Crippen molar-refractivity contribution in [2.45, 2.75) is 51.4 Å². The molecule has 0 spiro atoms. The molecule has 0 aliphatic rings. The van der Waals surface area contributed by atoms with Gasteiger partial charge in [0.1, 0.15) is 23.7 Å². The fourth-order valence-corrected chi connectivity index (χ4v) is 4.63. The van der Waals surface area contributed by atoms with Crippen molar-refractivity contribution >= 4 is 51.6 Å². The van der Waals surface area contributed by atoms with E-state index in [0.29, 0.717) is 79.8 Å². The Morgan fingerprint density at radius 1 is 0.917 bits per heavy atom. The van der Waals surface area contributed by atoms with Gasteiger partial charge in [-0.15, -0.1) is 0 Å². The van der Waals surface area contributed by atoms with E-state index >= 15 is 0 Å². The molecule has 1 heterocycles. The summed E-state index contributed by atoms with van der Waals surface area (Å²) in [5.41, 5.74) is 1.58. The summed E-state index contributed by atoms with van der Waals surface area (Å²) >= 11 is 5.96. The lowest BCUT2D eigenvalue weighted by Gasteiger charge is -2.15. The van der Waals surface area contributed by atoms with Gasteiger partial charge in [-0.2, -0.15) is 0 Å². The van der Waals surface area contributed by atoms with Crippen LogP contribution in [-0.4, -0.2) is 80.4 Å². The minimum atomic E-state index is -0.831. The summed E-state index contributed by atoms with van der Waals surface area (Å²) in [6.45, 7) is 3.50. The number of nitrogens with zero attached hydrogens (tertiary/aromatic N) is 3. The Hall–Kier alpha value is -3.91. The van der Waals surface area contributed by atoms with Crippen LogP contribution < -0.4 is 15.4 Å². The van der Waals surface area contributed by atoms with Crippen LogP contribution in [0.3, 0.4) is 0 Å². The molecule has 1 aromatic heterocycles. The van der Waals surface area contributed by atoms with Crippen LogP contribution in [-0.2, 0) is 24.0 Å². The maximum absolute atomic E-state index is 13.7. The number of hydrogen-bond donors (Lipinski definition) is 2. The average Bonchev–Trinajstić information content (AvgIpc) is 3.06. The van der Waals surface area contributed by atoms with Crippen LogP contribution in [0.15, 0.2) is 48.8 Å². The molecule has 3 aromatic rings. The Balaban J connectivity index is 1.47. The summed E-state index contributed by atoms with van der Waals surface area (Å²) in [6, 6.07) is 7.78. The molecule has 3 rings (SSSR count). The third-order valence-corrected chi connectivity index (χ3v) is 7.23. The number of nitrogens with one attached hydrogen (secondary N) is 2. The molecule has 2 aromatic carbocycles. The van der Waals surface area contributed by atoms with Gasteiger partial charge in [0.05, 0.1) is 22.8 Å². The van der Waals surface area contributed by atoms with Gasteiger partial charge in [-0.05, 0) is 76.9 Å². The predicted molar refractivity (Wildman–Crippen MR) is 182 cm³/mol. The van der Waals surface area contributed by atoms with Crippen molar-refractivity contribution in [3.63, 3.8) is 0 Å². The fraction of sp³-hybridized carbons (Fsp3) is 0.471. The van der Waals surface area contributed by atoms with E-state index in [1.165, 1.54) is 24.5 Å². The van der Waals surface area contributed by atoms with Crippen LogP contribution in [0.25, 0.3) is 10.9 Å². The van der Waals surface area contributed by atoms with E-state index in [-0.39, 0.29) is 17.4 Å². The molecule has 0 aliphatic carbocycles. The highest BCUT2D eigenvalue weighted by molar-refractivity contribution is 6.31. The lowest BCUT2D eigenvalue weighted by molar-refractivity contribution is -0.183. The number of unbranched alkanes of at least 4 members (excludes halogenated alkanes) is 4. The summed E-state index contributed by atoms with van der Waals surface area (Å²) in [5.74, 6) is -0.748. The zero-order valence-electron chi connectivity index (χ0n) is 27.4. The first-order chi connectivity index (χ1) is 23.3. The van der Waals surface area contributed by atoms with Crippen molar-refractivity contribution in [1.82, 2.24) is 14.9 Å². The third kappa shape index (κ3) is 14.5. The highest BCUT2D eigenvalue weighted by Crippen LogP contribution is 2.34. The fourth-order valence-electron chi connectivity index (χ4n) is 4.45. The van der Waals surface area contributed by atoms with Gasteiger partial charge in [0.2, 0.25) is 5.91 Å². The van der Waals surface area contributed by atoms with Crippen molar-refractivity contribution in [1.29, 1.82) is 0 Å². The van der Waals surface area contributed by atoms with Gasteiger partial charge in [-0.1, -0.05) is 24.1 Å². The first-order valence-electron chi connectivity index (χ1n) is 16.0. The van der Waals surface area contributed by atoms with Crippen molar-refractivity contribution in [2.24, 2.45) is 0 Å². The van der Waals surface area contributed by atoms with E-state index in [4.69, 9.17) is 25.8 Å².